The molecule has 5 nitrogen and oxygen atoms in total. The fraction of sp³-hybridized carbons (Fsp3) is 0.385. The van der Waals surface area contributed by atoms with E-state index in [1.54, 1.807) is 30.0 Å². The van der Waals surface area contributed by atoms with Crippen LogP contribution in [0.1, 0.15) is 5.56 Å². The summed E-state index contributed by atoms with van der Waals surface area (Å²) in [6.45, 7) is 0.489. The summed E-state index contributed by atoms with van der Waals surface area (Å²) < 4.78 is 0. The molecule has 1 saturated heterocycles. The lowest BCUT2D eigenvalue weighted by atomic mass is 10.1. The fourth-order valence-electron chi connectivity index (χ4n) is 2.09. The minimum Gasteiger partial charge on any atom is -0.480 e. The minimum absolute atomic E-state index is 0.154. The van der Waals surface area contributed by atoms with Crippen LogP contribution < -0.4 is 5.73 Å². The van der Waals surface area contributed by atoms with Crippen LogP contribution in [-0.2, 0) is 16.0 Å². The Labute approximate surface area is 115 Å². The molecule has 0 aliphatic carbocycles. The molecule has 6 heteroatoms. The minimum atomic E-state index is -0.937. The van der Waals surface area contributed by atoms with Crippen LogP contribution in [0.15, 0.2) is 24.3 Å². The molecule has 0 aromatic heterocycles. The van der Waals surface area contributed by atoms with Gasteiger partial charge in [-0.1, -0.05) is 12.1 Å². The largest absolute Gasteiger partial charge is 0.480 e. The smallest absolute Gasteiger partial charge is 0.327 e. The van der Waals surface area contributed by atoms with Crippen LogP contribution in [0, 0.1) is 0 Å². The van der Waals surface area contributed by atoms with Gasteiger partial charge in [0.05, 0.1) is 6.42 Å². The molecular weight excluding hydrogens is 264 g/mol. The van der Waals surface area contributed by atoms with E-state index in [4.69, 9.17) is 10.8 Å². The lowest BCUT2D eigenvalue weighted by Gasteiger charge is -2.32. The monoisotopic (exact) mass is 280 g/mol. The van der Waals surface area contributed by atoms with Crippen LogP contribution in [0.5, 0.6) is 0 Å². The Morgan fingerprint density at radius 1 is 1.47 bits per heavy atom. The van der Waals surface area contributed by atoms with E-state index in [-0.39, 0.29) is 12.3 Å². The van der Waals surface area contributed by atoms with E-state index in [9.17, 15) is 9.59 Å². The van der Waals surface area contributed by atoms with E-state index in [1.165, 1.54) is 4.90 Å². The predicted octanol–water partition coefficient (Wildman–Crippen LogP) is 0.840. The molecule has 1 aliphatic rings. The number of carboxylic acid groups (broad SMARTS) is 1. The van der Waals surface area contributed by atoms with E-state index in [1.807, 2.05) is 6.07 Å². The van der Waals surface area contributed by atoms with Gasteiger partial charge in [0.1, 0.15) is 6.04 Å². The molecule has 0 saturated carbocycles. The maximum Gasteiger partial charge on any atom is 0.327 e. The highest BCUT2D eigenvalue weighted by Crippen LogP contribution is 2.18. The first-order valence-corrected chi connectivity index (χ1v) is 7.18. The maximum atomic E-state index is 12.2. The Morgan fingerprint density at radius 3 is 2.95 bits per heavy atom. The van der Waals surface area contributed by atoms with Gasteiger partial charge in [0.15, 0.2) is 0 Å². The second kappa shape index (κ2) is 5.97. The van der Waals surface area contributed by atoms with Crippen LogP contribution in [0.3, 0.4) is 0 Å². The van der Waals surface area contributed by atoms with Gasteiger partial charge in [-0.15, -0.1) is 0 Å². The highest BCUT2D eigenvalue weighted by molar-refractivity contribution is 7.99. The molecule has 0 radical (unpaired) electrons. The van der Waals surface area contributed by atoms with Crippen molar-refractivity contribution >= 4 is 29.3 Å². The summed E-state index contributed by atoms with van der Waals surface area (Å²) in [5, 5.41) is 9.14. The number of anilines is 1. The molecule has 1 fully saturated rings. The summed E-state index contributed by atoms with van der Waals surface area (Å²) in [5.74, 6) is 0.149. The second-order valence-electron chi connectivity index (χ2n) is 4.44. The highest BCUT2D eigenvalue weighted by atomic mass is 32.2. The van der Waals surface area contributed by atoms with Gasteiger partial charge >= 0.3 is 5.97 Å². The molecule has 3 N–H and O–H groups in total. The van der Waals surface area contributed by atoms with Crippen molar-refractivity contribution in [2.45, 2.75) is 12.5 Å². The summed E-state index contributed by atoms with van der Waals surface area (Å²) in [5.41, 5.74) is 7.08. The van der Waals surface area contributed by atoms with E-state index in [0.29, 0.717) is 18.0 Å². The molecule has 1 heterocycles. The molecule has 0 spiro atoms. The molecule has 1 aromatic carbocycles. The Balaban J connectivity index is 2.07. The van der Waals surface area contributed by atoms with Gasteiger partial charge < -0.3 is 15.7 Å². The lowest BCUT2D eigenvalue weighted by Crippen LogP contribution is -2.50. The van der Waals surface area contributed by atoms with E-state index in [2.05, 4.69) is 0 Å². The zero-order valence-electron chi connectivity index (χ0n) is 10.4. The maximum absolute atomic E-state index is 12.2. The van der Waals surface area contributed by atoms with Crippen molar-refractivity contribution in [2.24, 2.45) is 0 Å². The molecule has 19 heavy (non-hydrogen) atoms. The molecule has 1 atom stereocenters. The standard InChI is InChI=1S/C13H16N2O3S/c14-10-3-1-2-9(6-10)7-12(16)15-4-5-19-8-11(15)13(17)18/h1-3,6,11H,4-5,7-8,14H2,(H,17,18). The molecular formula is C13H16N2O3S. The van der Waals surface area contributed by atoms with Crippen molar-refractivity contribution in [1.29, 1.82) is 0 Å². The first-order chi connectivity index (χ1) is 9.08. The number of hydrogen-bond donors (Lipinski definition) is 2. The first-order valence-electron chi connectivity index (χ1n) is 6.02. The average Bonchev–Trinajstić information content (AvgIpc) is 2.38. The SMILES string of the molecule is Nc1cccc(CC(=O)N2CCSCC2C(=O)O)c1. The van der Waals surface area contributed by atoms with Crippen LogP contribution in [0.4, 0.5) is 5.69 Å². The number of rotatable bonds is 3. The van der Waals surface area contributed by atoms with Gasteiger partial charge in [-0.05, 0) is 17.7 Å². The number of carboxylic acids is 1. The van der Waals surface area contributed by atoms with E-state index < -0.39 is 12.0 Å². The van der Waals surface area contributed by atoms with Crippen LogP contribution in [0.2, 0.25) is 0 Å². The number of carbonyl (C=O) groups is 2. The summed E-state index contributed by atoms with van der Waals surface area (Å²) in [4.78, 5) is 24.8. The second-order valence-corrected chi connectivity index (χ2v) is 5.59. The summed E-state index contributed by atoms with van der Waals surface area (Å²) in [6, 6.07) is 6.40. The van der Waals surface area contributed by atoms with Gasteiger partial charge in [0.25, 0.3) is 0 Å². The van der Waals surface area contributed by atoms with Gasteiger partial charge in [-0.25, -0.2) is 4.79 Å². The molecule has 1 aliphatic heterocycles. The van der Waals surface area contributed by atoms with Gasteiger partial charge in [-0.2, -0.15) is 11.8 Å². The Kier molecular flexibility index (Phi) is 4.31. The van der Waals surface area contributed by atoms with Crippen LogP contribution in [-0.4, -0.2) is 46.0 Å². The average molecular weight is 280 g/mol. The number of benzene rings is 1. The summed E-state index contributed by atoms with van der Waals surface area (Å²) in [7, 11) is 0. The van der Waals surface area contributed by atoms with Crippen molar-refractivity contribution in [2.75, 3.05) is 23.8 Å². The molecule has 1 aromatic rings. The number of amides is 1. The topological polar surface area (TPSA) is 83.6 Å². The van der Waals surface area contributed by atoms with E-state index in [0.717, 1.165) is 11.3 Å². The Morgan fingerprint density at radius 2 is 2.26 bits per heavy atom. The fourth-order valence-corrected chi connectivity index (χ4v) is 3.12. The number of hydrogen-bond acceptors (Lipinski definition) is 4. The zero-order chi connectivity index (χ0) is 13.8. The van der Waals surface area contributed by atoms with Crippen molar-refractivity contribution < 1.29 is 14.7 Å². The van der Waals surface area contributed by atoms with Crippen molar-refractivity contribution in [3.8, 4) is 0 Å². The molecule has 2 rings (SSSR count). The third-order valence-corrected chi connectivity index (χ3v) is 4.06. The molecule has 102 valence electrons. The Hall–Kier alpha value is -1.69. The lowest BCUT2D eigenvalue weighted by molar-refractivity contribution is -0.148. The summed E-state index contributed by atoms with van der Waals surface area (Å²) in [6.07, 6.45) is 0.194. The van der Waals surface area contributed by atoms with Crippen molar-refractivity contribution in [1.82, 2.24) is 4.90 Å². The number of nitrogens with two attached hydrogens (primary N) is 1. The first kappa shape index (κ1) is 13.7. The van der Waals surface area contributed by atoms with Crippen LogP contribution >= 0.6 is 11.8 Å². The van der Waals surface area contributed by atoms with Gasteiger partial charge in [0, 0.05) is 23.7 Å². The number of thioether (sulfide) groups is 1. The van der Waals surface area contributed by atoms with Crippen molar-refractivity contribution in [3.63, 3.8) is 0 Å². The third kappa shape index (κ3) is 3.41. The normalized spacial score (nSPS) is 19.2. The molecule has 1 amide bonds. The van der Waals surface area contributed by atoms with Crippen molar-refractivity contribution in [3.05, 3.63) is 29.8 Å². The number of nitrogen functional groups attached to an aromatic ring is 1. The molecule has 0 bridgehead atoms. The zero-order valence-corrected chi connectivity index (χ0v) is 11.2. The van der Waals surface area contributed by atoms with Crippen LogP contribution in [0.25, 0.3) is 0 Å². The quantitative estimate of drug-likeness (QED) is 0.802. The highest BCUT2D eigenvalue weighted by Gasteiger charge is 2.32. The third-order valence-electron chi connectivity index (χ3n) is 3.04. The Bertz CT molecular complexity index is 493. The molecule has 1 unspecified atom stereocenters. The van der Waals surface area contributed by atoms with Gasteiger partial charge in [-0.3, -0.25) is 4.79 Å². The van der Waals surface area contributed by atoms with Gasteiger partial charge in [0.2, 0.25) is 5.91 Å². The summed E-state index contributed by atoms with van der Waals surface area (Å²) >= 11 is 1.57. The predicted molar refractivity (Wildman–Crippen MR) is 75.0 cm³/mol. The number of aliphatic carboxylic acids is 1. The number of nitrogens with zero attached hydrogens (tertiary/aromatic N) is 1. The number of carbonyl (C=O) groups excluding carboxylic acids is 1. The van der Waals surface area contributed by atoms with E-state index >= 15 is 0 Å².